The SMILES string of the molecule is CCO[Si](CCCNC(=O)c1ccccc1C(=O)O)(OCC)OCC. The van der Waals surface area contributed by atoms with Crippen molar-refractivity contribution in [1.29, 1.82) is 0 Å². The first-order valence-electron chi connectivity index (χ1n) is 8.52. The van der Waals surface area contributed by atoms with Gasteiger partial charge in [0.05, 0.1) is 11.1 Å². The molecule has 0 bridgehead atoms. The number of carbonyl (C=O) groups excluding carboxylic acids is 1. The van der Waals surface area contributed by atoms with Crippen LogP contribution in [-0.4, -0.2) is 52.2 Å². The van der Waals surface area contributed by atoms with Gasteiger partial charge in [0.25, 0.3) is 5.91 Å². The average Bonchev–Trinajstić information content (AvgIpc) is 2.59. The number of amides is 1. The molecule has 8 heteroatoms. The van der Waals surface area contributed by atoms with Crippen LogP contribution in [0.3, 0.4) is 0 Å². The van der Waals surface area contributed by atoms with Gasteiger partial charge in [0.15, 0.2) is 0 Å². The van der Waals surface area contributed by atoms with Gasteiger partial charge in [-0.2, -0.15) is 0 Å². The zero-order valence-electron chi connectivity index (χ0n) is 15.0. The lowest BCUT2D eigenvalue weighted by Crippen LogP contribution is -2.46. The molecule has 0 aromatic heterocycles. The molecule has 0 aliphatic rings. The van der Waals surface area contributed by atoms with Crippen LogP contribution in [0.2, 0.25) is 6.04 Å². The van der Waals surface area contributed by atoms with Crippen LogP contribution in [0, 0.1) is 0 Å². The van der Waals surface area contributed by atoms with Gasteiger partial charge in [0.1, 0.15) is 0 Å². The number of benzene rings is 1. The topological polar surface area (TPSA) is 94.1 Å². The van der Waals surface area contributed by atoms with Crippen LogP contribution in [0.5, 0.6) is 0 Å². The molecule has 0 saturated carbocycles. The van der Waals surface area contributed by atoms with Crippen LogP contribution in [0.25, 0.3) is 0 Å². The van der Waals surface area contributed by atoms with Crippen molar-refractivity contribution in [1.82, 2.24) is 5.32 Å². The van der Waals surface area contributed by atoms with Gasteiger partial charge in [-0.3, -0.25) is 4.79 Å². The fourth-order valence-corrected chi connectivity index (χ4v) is 5.08. The van der Waals surface area contributed by atoms with Gasteiger partial charge < -0.3 is 23.7 Å². The maximum Gasteiger partial charge on any atom is 0.500 e. The number of carboxylic acid groups (broad SMARTS) is 1. The van der Waals surface area contributed by atoms with E-state index in [-0.39, 0.29) is 11.1 Å². The largest absolute Gasteiger partial charge is 0.500 e. The van der Waals surface area contributed by atoms with Gasteiger partial charge in [-0.05, 0) is 39.3 Å². The van der Waals surface area contributed by atoms with Gasteiger partial charge in [0, 0.05) is 32.4 Å². The first-order valence-corrected chi connectivity index (χ1v) is 10.4. The van der Waals surface area contributed by atoms with Crippen molar-refractivity contribution >= 4 is 20.7 Å². The molecule has 25 heavy (non-hydrogen) atoms. The van der Waals surface area contributed by atoms with Crippen molar-refractivity contribution in [2.24, 2.45) is 0 Å². The molecule has 0 spiro atoms. The Balaban J connectivity index is 2.61. The lowest BCUT2D eigenvalue weighted by molar-refractivity contribution is 0.0690. The maximum atomic E-state index is 12.2. The molecule has 1 aromatic carbocycles. The number of nitrogens with one attached hydrogen (secondary N) is 1. The summed E-state index contributed by atoms with van der Waals surface area (Å²) in [5, 5.41) is 11.9. The van der Waals surface area contributed by atoms with E-state index in [2.05, 4.69) is 5.32 Å². The van der Waals surface area contributed by atoms with E-state index in [9.17, 15) is 9.59 Å². The van der Waals surface area contributed by atoms with Gasteiger partial charge >= 0.3 is 14.8 Å². The Morgan fingerprint density at radius 2 is 1.52 bits per heavy atom. The second kappa shape index (κ2) is 11.0. The summed E-state index contributed by atoms with van der Waals surface area (Å²) in [6.45, 7) is 7.58. The normalized spacial score (nSPS) is 11.3. The van der Waals surface area contributed by atoms with Crippen molar-refractivity contribution in [3.8, 4) is 0 Å². The Labute approximate surface area is 149 Å². The van der Waals surface area contributed by atoms with Crippen LogP contribution in [0.1, 0.15) is 47.9 Å². The molecule has 0 atom stereocenters. The molecule has 0 aliphatic carbocycles. The summed E-state index contributed by atoms with van der Waals surface area (Å²) >= 11 is 0. The van der Waals surface area contributed by atoms with E-state index in [0.29, 0.717) is 38.8 Å². The first kappa shape index (κ1) is 21.3. The van der Waals surface area contributed by atoms with E-state index in [0.717, 1.165) is 0 Å². The number of carbonyl (C=O) groups is 2. The van der Waals surface area contributed by atoms with Crippen molar-refractivity contribution in [2.45, 2.75) is 33.2 Å². The molecule has 0 aliphatic heterocycles. The Morgan fingerprint density at radius 3 is 2.00 bits per heavy atom. The molecule has 140 valence electrons. The third-order valence-corrected chi connectivity index (χ3v) is 6.59. The van der Waals surface area contributed by atoms with E-state index in [1.165, 1.54) is 12.1 Å². The molecular formula is C17H27NO6Si. The zero-order valence-corrected chi connectivity index (χ0v) is 16.0. The molecule has 1 rings (SSSR count). The summed E-state index contributed by atoms with van der Waals surface area (Å²) < 4.78 is 17.3. The van der Waals surface area contributed by atoms with Gasteiger partial charge in [-0.25, -0.2) is 4.79 Å². The zero-order chi connectivity index (χ0) is 18.7. The van der Waals surface area contributed by atoms with Crippen molar-refractivity contribution < 1.29 is 28.0 Å². The summed E-state index contributed by atoms with van der Waals surface area (Å²) in [6, 6.07) is 6.72. The van der Waals surface area contributed by atoms with Gasteiger partial charge in [-0.1, -0.05) is 12.1 Å². The predicted molar refractivity (Wildman–Crippen MR) is 95.8 cm³/mol. The molecule has 7 nitrogen and oxygen atoms in total. The van der Waals surface area contributed by atoms with E-state index in [1.807, 2.05) is 20.8 Å². The van der Waals surface area contributed by atoms with E-state index in [4.69, 9.17) is 18.4 Å². The van der Waals surface area contributed by atoms with Crippen LogP contribution >= 0.6 is 0 Å². The Morgan fingerprint density at radius 1 is 1.00 bits per heavy atom. The highest BCUT2D eigenvalue weighted by Gasteiger charge is 2.39. The third-order valence-electron chi connectivity index (χ3n) is 3.44. The molecule has 0 radical (unpaired) electrons. The maximum absolute atomic E-state index is 12.2. The number of rotatable bonds is 12. The Hall–Kier alpha value is -1.74. The van der Waals surface area contributed by atoms with Crippen LogP contribution in [0.15, 0.2) is 24.3 Å². The van der Waals surface area contributed by atoms with Gasteiger partial charge in [-0.15, -0.1) is 0 Å². The second-order valence-electron chi connectivity index (χ2n) is 5.19. The van der Waals surface area contributed by atoms with Crippen LogP contribution < -0.4 is 5.32 Å². The molecule has 2 N–H and O–H groups in total. The van der Waals surface area contributed by atoms with Crippen molar-refractivity contribution in [3.05, 3.63) is 35.4 Å². The first-order chi connectivity index (χ1) is 12.0. The second-order valence-corrected chi connectivity index (χ2v) is 7.92. The number of carboxylic acids is 1. The highest BCUT2D eigenvalue weighted by Crippen LogP contribution is 2.18. The molecule has 0 heterocycles. The fraction of sp³-hybridized carbons (Fsp3) is 0.529. The third kappa shape index (κ3) is 6.58. The lowest BCUT2D eigenvalue weighted by Gasteiger charge is -2.28. The number of hydrogen-bond donors (Lipinski definition) is 2. The molecule has 0 saturated heterocycles. The van der Waals surface area contributed by atoms with E-state index in [1.54, 1.807) is 12.1 Å². The van der Waals surface area contributed by atoms with Crippen molar-refractivity contribution in [2.75, 3.05) is 26.4 Å². The van der Waals surface area contributed by atoms with Crippen LogP contribution in [0.4, 0.5) is 0 Å². The summed E-state index contributed by atoms with van der Waals surface area (Å²) in [7, 11) is -2.72. The standard InChI is InChI=1S/C17H27NO6Si/c1-4-22-25(23-5-2,24-6-3)13-9-12-18-16(19)14-10-7-8-11-15(14)17(20)21/h7-8,10-11H,4-6,9,12-13H2,1-3H3,(H,18,19)(H,20,21). The quantitative estimate of drug-likeness (QED) is 0.434. The van der Waals surface area contributed by atoms with E-state index < -0.39 is 20.7 Å². The Kier molecular flexibility index (Phi) is 9.36. The summed E-state index contributed by atoms with van der Waals surface area (Å²) in [4.78, 5) is 23.4. The average molecular weight is 369 g/mol. The monoisotopic (exact) mass is 369 g/mol. The molecule has 0 fully saturated rings. The lowest BCUT2D eigenvalue weighted by atomic mass is 10.1. The van der Waals surface area contributed by atoms with Crippen LogP contribution in [-0.2, 0) is 13.3 Å². The van der Waals surface area contributed by atoms with Crippen molar-refractivity contribution in [3.63, 3.8) is 0 Å². The number of aromatic carboxylic acids is 1. The molecule has 1 amide bonds. The summed E-state index contributed by atoms with van der Waals surface area (Å²) in [5.74, 6) is -1.53. The highest BCUT2D eigenvalue weighted by molar-refractivity contribution is 6.60. The highest BCUT2D eigenvalue weighted by atomic mass is 28.4. The Bertz CT molecular complexity index is 549. The smallest absolute Gasteiger partial charge is 0.478 e. The summed E-state index contributed by atoms with van der Waals surface area (Å²) in [5.41, 5.74) is 0.139. The predicted octanol–water partition coefficient (Wildman–Crippen LogP) is 2.55. The minimum absolute atomic E-state index is 0.0123. The van der Waals surface area contributed by atoms with E-state index >= 15 is 0 Å². The molecular weight excluding hydrogens is 342 g/mol. The molecule has 1 aromatic rings. The summed E-state index contributed by atoms with van der Waals surface area (Å²) in [6.07, 6.45) is 0.618. The minimum atomic E-state index is -2.72. The fourth-order valence-electron chi connectivity index (χ4n) is 2.47. The van der Waals surface area contributed by atoms with Gasteiger partial charge in [0.2, 0.25) is 0 Å². The molecule has 0 unspecified atom stereocenters. The number of hydrogen-bond acceptors (Lipinski definition) is 5. The minimum Gasteiger partial charge on any atom is -0.478 e.